The van der Waals surface area contributed by atoms with Gasteiger partial charge in [0.1, 0.15) is 24.1 Å². The summed E-state index contributed by atoms with van der Waals surface area (Å²) in [6.07, 6.45) is 5.54. The molecule has 1 amide bonds. The topological polar surface area (TPSA) is 98.5 Å². The molecular weight excluding hydrogens is 310 g/mol. The van der Waals surface area contributed by atoms with Crippen molar-refractivity contribution < 1.29 is 14.3 Å². The van der Waals surface area contributed by atoms with Gasteiger partial charge in [-0.1, -0.05) is 0 Å². The summed E-state index contributed by atoms with van der Waals surface area (Å²) in [5.74, 6) is 0.622. The average molecular weight is 327 g/mol. The Morgan fingerprint density at radius 3 is 3.04 bits per heavy atom. The second-order valence-corrected chi connectivity index (χ2v) is 5.80. The predicted octanol–water partition coefficient (Wildman–Crippen LogP) is 0.874. The Morgan fingerprint density at radius 2 is 2.21 bits per heavy atom. The highest BCUT2D eigenvalue weighted by atomic mass is 16.3. The summed E-state index contributed by atoms with van der Waals surface area (Å²) in [6, 6.07) is 3.54. The second-order valence-electron chi connectivity index (χ2n) is 5.80. The Labute approximate surface area is 137 Å². The first-order chi connectivity index (χ1) is 11.7. The minimum atomic E-state index is -0.660. The molecule has 2 N–H and O–H groups in total. The van der Waals surface area contributed by atoms with Crippen LogP contribution in [0.15, 0.2) is 41.6 Å². The number of nitrogens with zero attached hydrogens (tertiary/aromatic N) is 4. The number of furan rings is 1. The zero-order chi connectivity index (χ0) is 16.5. The first-order valence-electron chi connectivity index (χ1n) is 7.75. The summed E-state index contributed by atoms with van der Waals surface area (Å²) in [7, 11) is 0. The van der Waals surface area contributed by atoms with Gasteiger partial charge >= 0.3 is 0 Å². The monoisotopic (exact) mass is 327 g/mol. The summed E-state index contributed by atoms with van der Waals surface area (Å²) in [4.78, 5) is 27.7. The maximum Gasteiger partial charge on any atom is 0.257 e. The van der Waals surface area contributed by atoms with Gasteiger partial charge in [0, 0.05) is 32.4 Å². The van der Waals surface area contributed by atoms with E-state index in [2.05, 4.69) is 15.0 Å². The lowest BCUT2D eigenvalue weighted by atomic mass is 10.2. The highest BCUT2D eigenvalue weighted by Gasteiger charge is 2.27. The maximum atomic E-state index is 12.5. The molecule has 0 unspecified atom stereocenters. The minimum absolute atomic E-state index is 0.140. The van der Waals surface area contributed by atoms with E-state index in [0.29, 0.717) is 25.2 Å². The molecule has 124 valence electrons. The molecule has 1 atom stereocenters. The first-order valence-corrected chi connectivity index (χ1v) is 7.75. The Bertz CT molecular complexity index is 844. The number of amides is 1. The highest BCUT2D eigenvalue weighted by Crippen LogP contribution is 2.23. The fourth-order valence-electron chi connectivity index (χ4n) is 3.05. The molecule has 0 bridgehead atoms. The van der Waals surface area contributed by atoms with Gasteiger partial charge in [0.25, 0.3) is 5.91 Å². The summed E-state index contributed by atoms with van der Waals surface area (Å²) in [5, 5.41) is 11.3. The van der Waals surface area contributed by atoms with Gasteiger partial charge < -0.3 is 24.3 Å². The van der Waals surface area contributed by atoms with Crippen LogP contribution in [0.4, 0.5) is 5.82 Å². The number of aliphatic hydroxyl groups excluding tert-OH is 1. The fraction of sp³-hybridized carbons (Fsp3) is 0.312. The number of hydrogen-bond acceptors (Lipinski definition) is 6. The third-order valence-electron chi connectivity index (χ3n) is 4.19. The van der Waals surface area contributed by atoms with Crippen LogP contribution in [0, 0.1) is 0 Å². The van der Waals surface area contributed by atoms with Crippen molar-refractivity contribution in [2.45, 2.75) is 6.10 Å². The minimum Gasteiger partial charge on any atom is -0.472 e. The normalized spacial score (nSPS) is 18.8. The van der Waals surface area contributed by atoms with E-state index in [-0.39, 0.29) is 12.5 Å². The molecular formula is C16H17N5O3. The molecule has 24 heavy (non-hydrogen) atoms. The molecule has 8 nitrogen and oxygen atoms in total. The zero-order valence-corrected chi connectivity index (χ0v) is 12.9. The molecule has 4 rings (SSSR count). The van der Waals surface area contributed by atoms with E-state index in [0.717, 1.165) is 16.9 Å². The van der Waals surface area contributed by atoms with Crippen molar-refractivity contribution in [1.29, 1.82) is 0 Å². The zero-order valence-electron chi connectivity index (χ0n) is 12.9. The molecule has 0 saturated carbocycles. The number of H-pyrrole nitrogens is 1. The molecule has 8 heteroatoms. The number of carbonyl (C=O) groups excluding carboxylic acids is 1. The summed E-state index contributed by atoms with van der Waals surface area (Å²) in [5.41, 5.74) is 1.25. The molecule has 4 heterocycles. The number of aromatic amines is 1. The second kappa shape index (κ2) is 5.97. The number of carbonyl (C=O) groups is 1. The summed E-state index contributed by atoms with van der Waals surface area (Å²) in [6.45, 7) is 1.77. The Hall–Kier alpha value is -2.87. The van der Waals surface area contributed by atoms with Crippen molar-refractivity contribution in [1.82, 2.24) is 19.9 Å². The highest BCUT2D eigenvalue weighted by molar-refractivity contribution is 5.94. The Balaban J connectivity index is 1.58. The average Bonchev–Trinajstić information content (AvgIpc) is 3.24. The summed E-state index contributed by atoms with van der Waals surface area (Å²) >= 11 is 0. The van der Waals surface area contributed by atoms with Gasteiger partial charge in [-0.05, 0) is 12.1 Å². The largest absolute Gasteiger partial charge is 0.472 e. The number of fused-ring (bicyclic) bond motifs is 1. The number of β-amino-alcohol motifs (C(OH)–C–C–N with tert-alkyl or cyclic N) is 1. The Kier molecular flexibility index (Phi) is 3.66. The van der Waals surface area contributed by atoms with Crippen LogP contribution in [-0.4, -0.2) is 63.1 Å². The summed E-state index contributed by atoms with van der Waals surface area (Å²) < 4.78 is 4.97. The van der Waals surface area contributed by atoms with Gasteiger partial charge in [-0.25, -0.2) is 9.97 Å². The molecule has 1 aliphatic rings. The first kappa shape index (κ1) is 14.7. The van der Waals surface area contributed by atoms with E-state index in [1.807, 2.05) is 17.2 Å². The molecule has 0 aromatic carbocycles. The molecule has 1 aliphatic heterocycles. The van der Waals surface area contributed by atoms with Gasteiger partial charge in [-0.2, -0.15) is 0 Å². The van der Waals surface area contributed by atoms with E-state index >= 15 is 0 Å². The van der Waals surface area contributed by atoms with E-state index < -0.39 is 6.10 Å². The lowest BCUT2D eigenvalue weighted by molar-refractivity contribution is 0.0673. The maximum absolute atomic E-state index is 12.5. The standard InChI is InChI=1S/C16H17N5O3/c22-12-7-20(15-13-1-3-17-14(13)18-10-19-15)4-5-21(8-12)16(23)11-2-6-24-9-11/h1-3,6,9-10,12,22H,4-5,7-8H2,(H,17,18,19)/t12-/m0/s1. The van der Waals surface area contributed by atoms with Crippen LogP contribution in [0.2, 0.25) is 0 Å². The van der Waals surface area contributed by atoms with Crippen LogP contribution in [0.1, 0.15) is 10.4 Å². The number of anilines is 1. The van der Waals surface area contributed by atoms with Crippen LogP contribution in [0.5, 0.6) is 0 Å². The van der Waals surface area contributed by atoms with Crippen molar-refractivity contribution in [2.24, 2.45) is 0 Å². The SMILES string of the molecule is O=C(c1ccoc1)N1CCN(c2ncnc3[nH]ccc23)C[C@H](O)C1. The molecule has 0 radical (unpaired) electrons. The molecule has 0 aliphatic carbocycles. The molecule has 3 aromatic heterocycles. The van der Waals surface area contributed by atoms with Crippen molar-refractivity contribution in [2.75, 3.05) is 31.1 Å². The van der Waals surface area contributed by atoms with Gasteiger partial charge in [0.05, 0.1) is 23.3 Å². The number of hydrogen-bond donors (Lipinski definition) is 2. The number of nitrogens with one attached hydrogen (secondary N) is 1. The van der Waals surface area contributed by atoms with E-state index in [9.17, 15) is 9.90 Å². The van der Waals surface area contributed by atoms with Gasteiger partial charge in [-0.3, -0.25) is 4.79 Å². The third-order valence-corrected chi connectivity index (χ3v) is 4.19. The molecule has 0 spiro atoms. The Morgan fingerprint density at radius 1 is 1.29 bits per heavy atom. The van der Waals surface area contributed by atoms with Crippen molar-refractivity contribution in [3.05, 3.63) is 42.7 Å². The lowest BCUT2D eigenvalue weighted by Crippen LogP contribution is -2.37. The van der Waals surface area contributed by atoms with Crippen molar-refractivity contribution >= 4 is 22.8 Å². The fourth-order valence-corrected chi connectivity index (χ4v) is 3.05. The van der Waals surface area contributed by atoms with Crippen LogP contribution in [0.25, 0.3) is 11.0 Å². The third kappa shape index (κ3) is 2.61. The van der Waals surface area contributed by atoms with Gasteiger partial charge in [0.15, 0.2) is 0 Å². The quantitative estimate of drug-likeness (QED) is 0.725. The van der Waals surface area contributed by atoms with Gasteiger partial charge in [0.2, 0.25) is 0 Å². The van der Waals surface area contributed by atoms with Crippen LogP contribution in [0.3, 0.4) is 0 Å². The molecule has 3 aromatic rings. The van der Waals surface area contributed by atoms with Crippen LogP contribution < -0.4 is 4.90 Å². The van der Waals surface area contributed by atoms with Gasteiger partial charge in [-0.15, -0.1) is 0 Å². The lowest BCUT2D eigenvalue weighted by Gasteiger charge is -2.23. The predicted molar refractivity (Wildman–Crippen MR) is 86.7 cm³/mol. The van der Waals surface area contributed by atoms with Crippen molar-refractivity contribution in [3.8, 4) is 0 Å². The number of rotatable bonds is 2. The smallest absolute Gasteiger partial charge is 0.257 e. The number of aliphatic hydroxyl groups is 1. The van der Waals surface area contributed by atoms with Crippen LogP contribution in [-0.2, 0) is 0 Å². The molecule has 1 fully saturated rings. The van der Waals surface area contributed by atoms with E-state index in [1.54, 1.807) is 11.0 Å². The molecule has 1 saturated heterocycles. The number of aromatic nitrogens is 3. The van der Waals surface area contributed by atoms with E-state index in [1.165, 1.54) is 18.9 Å². The van der Waals surface area contributed by atoms with Crippen LogP contribution >= 0.6 is 0 Å². The van der Waals surface area contributed by atoms with Crippen molar-refractivity contribution in [3.63, 3.8) is 0 Å². The van der Waals surface area contributed by atoms with E-state index in [4.69, 9.17) is 4.42 Å².